The van der Waals surface area contributed by atoms with E-state index in [-0.39, 0.29) is 12.1 Å². The molecule has 2 aromatic rings. The number of para-hydroxylation sites is 1. The topological polar surface area (TPSA) is 46.6 Å². The van der Waals surface area contributed by atoms with Crippen LogP contribution in [0.15, 0.2) is 48.5 Å². The Bertz CT molecular complexity index is 744. The minimum Gasteiger partial charge on any atom is -0.480 e. The summed E-state index contributed by atoms with van der Waals surface area (Å²) in [5.74, 6) is -1.05. The van der Waals surface area contributed by atoms with E-state index in [1.807, 2.05) is 0 Å². The van der Waals surface area contributed by atoms with Crippen molar-refractivity contribution in [3.05, 3.63) is 65.5 Å². The normalized spacial score (nSPS) is 17.7. The van der Waals surface area contributed by atoms with Gasteiger partial charge in [-0.15, -0.1) is 0 Å². The fraction of sp³-hybridized carbons (Fsp3) is 0.176. The lowest BCUT2D eigenvalue weighted by Gasteiger charge is -2.20. The molecular formula is C17H14FNO3. The van der Waals surface area contributed by atoms with Crippen molar-refractivity contribution in [2.45, 2.75) is 19.6 Å². The van der Waals surface area contributed by atoms with Crippen LogP contribution in [-0.4, -0.2) is 22.8 Å². The van der Waals surface area contributed by atoms with Gasteiger partial charge in [0.25, 0.3) is 11.8 Å². The molecule has 0 spiro atoms. The van der Waals surface area contributed by atoms with E-state index in [0.717, 1.165) is 4.90 Å². The first-order chi connectivity index (χ1) is 10.6. The Morgan fingerprint density at radius 2 is 1.77 bits per heavy atom. The molecule has 1 aliphatic heterocycles. The molecule has 112 valence electrons. The molecule has 0 fully saturated rings. The van der Waals surface area contributed by atoms with Gasteiger partial charge in [0.2, 0.25) is 0 Å². The van der Waals surface area contributed by atoms with Gasteiger partial charge in [-0.25, -0.2) is 4.39 Å². The zero-order valence-corrected chi connectivity index (χ0v) is 12.0. The van der Waals surface area contributed by atoms with Crippen LogP contribution in [0.1, 0.15) is 22.8 Å². The first-order valence-electron chi connectivity index (χ1n) is 6.92. The number of amides is 2. The molecule has 0 aliphatic carbocycles. The van der Waals surface area contributed by atoms with Crippen LogP contribution in [0.4, 0.5) is 4.39 Å². The van der Waals surface area contributed by atoms with Gasteiger partial charge in [0.15, 0.2) is 6.10 Å². The predicted octanol–water partition coefficient (Wildman–Crippen LogP) is 2.78. The standard InChI is InChI=1S/C17H14FNO3/c1-11-16(20)19(10-12-6-2-4-8-14(12)18)17(21)13-7-3-5-9-15(13)22-11/h2-9,11H,10H2,1H3/t11-/m1/s1. The summed E-state index contributed by atoms with van der Waals surface area (Å²) in [6, 6.07) is 12.7. The number of rotatable bonds is 2. The number of carbonyl (C=O) groups excluding carboxylic acids is 2. The highest BCUT2D eigenvalue weighted by Gasteiger charge is 2.34. The van der Waals surface area contributed by atoms with Gasteiger partial charge in [-0.05, 0) is 25.1 Å². The van der Waals surface area contributed by atoms with Gasteiger partial charge < -0.3 is 4.74 Å². The lowest BCUT2D eigenvalue weighted by Crippen LogP contribution is -2.41. The highest BCUT2D eigenvalue weighted by Crippen LogP contribution is 2.26. The van der Waals surface area contributed by atoms with Crippen LogP contribution in [-0.2, 0) is 11.3 Å². The Hall–Kier alpha value is -2.69. The molecule has 0 saturated heterocycles. The summed E-state index contributed by atoms with van der Waals surface area (Å²) in [7, 11) is 0. The number of nitrogens with zero attached hydrogens (tertiary/aromatic N) is 1. The molecule has 0 radical (unpaired) electrons. The van der Waals surface area contributed by atoms with Crippen LogP contribution in [0.5, 0.6) is 5.75 Å². The second kappa shape index (κ2) is 5.60. The summed E-state index contributed by atoms with van der Waals surface area (Å²) in [5, 5.41) is 0. The highest BCUT2D eigenvalue weighted by atomic mass is 19.1. The van der Waals surface area contributed by atoms with Crippen LogP contribution in [0.25, 0.3) is 0 Å². The average Bonchev–Trinajstić information content (AvgIpc) is 2.61. The lowest BCUT2D eigenvalue weighted by atomic mass is 10.1. The summed E-state index contributed by atoms with van der Waals surface area (Å²) >= 11 is 0. The first kappa shape index (κ1) is 14.3. The fourth-order valence-electron chi connectivity index (χ4n) is 2.40. The monoisotopic (exact) mass is 299 g/mol. The third-order valence-electron chi connectivity index (χ3n) is 3.57. The minimum absolute atomic E-state index is 0.119. The zero-order valence-electron chi connectivity index (χ0n) is 12.0. The van der Waals surface area contributed by atoms with Gasteiger partial charge in [-0.3, -0.25) is 14.5 Å². The molecule has 0 bridgehead atoms. The van der Waals surface area contributed by atoms with Crippen molar-refractivity contribution in [2.75, 3.05) is 0 Å². The molecule has 2 amide bonds. The van der Waals surface area contributed by atoms with Crippen LogP contribution >= 0.6 is 0 Å². The molecular weight excluding hydrogens is 285 g/mol. The third kappa shape index (κ3) is 2.45. The summed E-state index contributed by atoms with van der Waals surface area (Å²) in [5.41, 5.74) is 0.590. The van der Waals surface area contributed by atoms with Crippen molar-refractivity contribution < 1.29 is 18.7 Å². The van der Waals surface area contributed by atoms with E-state index in [0.29, 0.717) is 11.3 Å². The molecule has 5 heteroatoms. The summed E-state index contributed by atoms with van der Waals surface area (Å²) in [4.78, 5) is 26.0. The maximum absolute atomic E-state index is 13.8. The predicted molar refractivity (Wildman–Crippen MR) is 77.8 cm³/mol. The quantitative estimate of drug-likeness (QED) is 0.801. The Labute approximate surface area is 127 Å². The lowest BCUT2D eigenvalue weighted by molar-refractivity contribution is -0.135. The molecule has 4 nitrogen and oxygen atoms in total. The SMILES string of the molecule is C[C@H]1Oc2ccccc2C(=O)N(Cc2ccccc2F)C1=O. The number of hydrogen-bond acceptors (Lipinski definition) is 3. The number of fused-ring (bicyclic) bond motifs is 1. The number of hydrogen-bond donors (Lipinski definition) is 0. The molecule has 1 atom stereocenters. The molecule has 0 aromatic heterocycles. The van der Waals surface area contributed by atoms with Gasteiger partial charge in [0, 0.05) is 5.56 Å². The Kier molecular flexibility index (Phi) is 3.63. The van der Waals surface area contributed by atoms with E-state index >= 15 is 0 Å². The van der Waals surface area contributed by atoms with Crippen LogP contribution in [0, 0.1) is 5.82 Å². The van der Waals surface area contributed by atoms with E-state index in [1.54, 1.807) is 49.4 Å². The van der Waals surface area contributed by atoms with E-state index in [9.17, 15) is 14.0 Å². The number of imide groups is 1. The van der Waals surface area contributed by atoms with E-state index < -0.39 is 23.7 Å². The Balaban J connectivity index is 2.01. The molecule has 1 heterocycles. The van der Waals surface area contributed by atoms with E-state index in [1.165, 1.54) is 6.07 Å². The fourth-order valence-corrected chi connectivity index (χ4v) is 2.40. The summed E-state index contributed by atoms with van der Waals surface area (Å²) in [6.07, 6.45) is -0.806. The van der Waals surface area contributed by atoms with Crippen molar-refractivity contribution in [1.29, 1.82) is 0 Å². The Morgan fingerprint density at radius 3 is 2.55 bits per heavy atom. The van der Waals surface area contributed by atoms with E-state index in [4.69, 9.17) is 4.74 Å². The van der Waals surface area contributed by atoms with Gasteiger partial charge in [-0.2, -0.15) is 0 Å². The summed E-state index contributed by atoms with van der Waals surface area (Å²) in [6.45, 7) is 1.46. The molecule has 2 aromatic carbocycles. The number of ether oxygens (including phenoxy) is 1. The van der Waals surface area contributed by atoms with E-state index in [2.05, 4.69) is 0 Å². The molecule has 0 unspecified atom stereocenters. The number of benzene rings is 2. The molecule has 0 saturated carbocycles. The van der Waals surface area contributed by atoms with Gasteiger partial charge in [0.1, 0.15) is 11.6 Å². The maximum atomic E-state index is 13.8. The van der Waals surface area contributed by atoms with Gasteiger partial charge >= 0.3 is 0 Å². The van der Waals surface area contributed by atoms with Gasteiger partial charge in [0.05, 0.1) is 12.1 Å². The smallest absolute Gasteiger partial charge is 0.270 e. The van der Waals surface area contributed by atoms with Crippen LogP contribution < -0.4 is 4.74 Å². The second-order valence-electron chi connectivity index (χ2n) is 5.08. The zero-order chi connectivity index (χ0) is 15.7. The van der Waals surface area contributed by atoms with Gasteiger partial charge in [-0.1, -0.05) is 30.3 Å². The minimum atomic E-state index is -0.806. The van der Waals surface area contributed by atoms with Crippen LogP contribution in [0.2, 0.25) is 0 Å². The average molecular weight is 299 g/mol. The van der Waals surface area contributed by atoms with Crippen molar-refractivity contribution in [2.24, 2.45) is 0 Å². The molecule has 22 heavy (non-hydrogen) atoms. The largest absolute Gasteiger partial charge is 0.480 e. The summed E-state index contributed by atoms with van der Waals surface area (Å²) < 4.78 is 19.3. The molecule has 1 aliphatic rings. The van der Waals surface area contributed by atoms with Crippen molar-refractivity contribution in [3.8, 4) is 5.75 Å². The van der Waals surface area contributed by atoms with Crippen molar-refractivity contribution in [1.82, 2.24) is 4.90 Å². The second-order valence-corrected chi connectivity index (χ2v) is 5.08. The van der Waals surface area contributed by atoms with Crippen LogP contribution in [0.3, 0.4) is 0 Å². The molecule has 0 N–H and O–H groups in total. The van der Waals surface area contributed by atoms with Crippen molar-refractivity contribution in [3.63, 3.8) is 0 Å². The third-order valence-corrected chi connectivity index (χ3v) is 3.57. The Morgan fingerprint density at radius 1 is 1.09 bits per heavy atom. The molecule has 3 rings (SSSR count). The highest BCUT2D eigenvalue weighted by molar-refractivity contribution is 6.08. The first-order valence-corrected chi connectivity index (χ1v) is 6.92. The maximum Gasteiger partial charge on any atom is 0.270 e. The van der Waals surface area contributed by atoms with Crippen molar-refractivity contribution >= 4 is 11.8 Å². The number of carbonyl (C=O) groups is 2. The number of halogens is 1.